The van der Waals surface area contributed by atoms with Crippen molar-refractivity contribution in [1.29, 1.82) is 0 Å². The Hall–Kier alpha value is -1.88. The van der Waals surface area contributed by atoms with Gasteiger partial charge in [0.2, 0.25) is 0 Å². The summed E-state index contributed by atoms with van der Waals surface area (Å²) in [4.78, 5) is 0. The lowest BCUT2D eigenvalue weighted by Crippen LogP contribution is -2.30. The van der Waals surface area contributed by atoms with Gasteiger partial charge in [-0.2, -0.15) is 5.10 Å². The fourth-order valence-corrected chi connectivity index (χ4v) is 1.87. The van der Waals surface area contributed by atoms with Crippen molar-refractivity contribution < 1.29 is 0 Å². The van der Waals surface area contributed by atoms with E-state index in [9.17, 15) is 0 Å². The highest BCUT2D eigenvalue weighted by atomic mass is 32.1. The summed E-state index contributed by atoms with van der Waals surface area (Å²) in [6, 6.07) is 11.9. The smallest absolute Gasteiger partial charge is 0.170 e. The summed E-state index contributed by atoms with van der Waals surface area (Å²) in [6.45, 7) is 0.790. The zero-order chi connectivity index (χ0) is 12.8. The lowest BCUT2D eigenvalue weighted by molar-refractivity contribution is 0.696. The van der Waals surface area contributed by atoms with E-state index in [0.29, 0.717) is 5.11 Å². The molecule has 0 spiro atoms. The number of aromatic nitrogens is 2. The summed E-state index contributed by atoms with van der Waals surface area (Å²) in [6.07, 6.45) is 2.70. The van der Waals surface area contributed by atoms with Gasteiger partial charge in [-0.3, -0.25) is 4.68 Å². The van der Waals surface area contributed by atoms with Gasteiger partial charge in [0.25, 0.3) is 0 Å². The van der Waals surface area contributed by atoms with Crippen molar-refractivity contribution in [2.75, 3.05) is 11.9 Å². The zero-order valence-electron chi connectivity index (χ0n) is 10.3. The number of benzene rings is 1. The van der Waals surface area contributed by atoms with Gasteiger partial charge in [-0.25, -0.2) is 0 Å². The van der Waals surface area contributed by atoms with Gasteiger partial charge in [0.1, 0.15) is 0 Å². The lowest BCUT2D eigenvalue weighted by Gasteiger charge is -2.10. The number of hydrogen-bond donors (Lipinski definition) is 2. The van der Waals surface area contributed by atoms with Crippen LogP contribution in [0, 0.1) is 0 Å². The van der Waals surface area contributed by atoms with Crippen LogP contribution in [0.1, 0.15) is 5.69 Å². The second-order valence-corrected chi connectivity index (χ2v) is 4.35. The van der Waals surface area contributed by atoms with Crippen LogP contribution < -0.4 is 10.6 Å². The van der Waals surface area contributed by atoms with Gasteiger partial charge in [0, 0.05) is 37.6 Å². The first-order chi connectivity index (χ1) is 8.75. The van der Waals surface area contributed by atoms with Crippen LogP contribution in [-0.4, -0.2) is 21.4 Å². The molecule has 0 bridgehead atoms. The summed E-state index contributed by atoms with van der Waals surface area (Å²) in [5.74, 6) is 0. The number of thiocarbonyl (C=S) groups is 1. The summed E-state index contributed by atoms with van der Waals surface area (Å²) in [7, 11) is 1.94. The molecule has 2 aromatic rings. The topological polar surface area (TPSA) is 41.9 Å². The standard InChI is InChI=1S/C13H16N4S/c1-17-12(8-10-15-17)7-9-14-13(18)16-11-5-3-2-4-6-11/h2-6,8,10H,7,9H2,1H3,(H2,14,16,18). The van der Waals surface area contributed by atoms with Crippen molar-refractivity contribution in [1.82, 2.24) is 15.1 Å². The predicted molar refractivity (Wildman–Crippen MR) is 77.6 cm³/mol. The summed E-state index contributed by atoms with van der Waals surface area (Å²) in [5.41, 5.74) is 2.18. The molecule has 1 aromatic heterocycles. The van der Waals surface area contributed by atoms with E-state index in [-0.39, 0.29) is 0 Å². The maximum Gasteiger partial charge on any atom is 0.170 e. The quantitative estimate of drug-likeness (QED) is 0.825. The molecule has 5 heteroatoms. The summed E-state index contributed by atoms with van der Waals surface area (Å²) in [5, 5.41) is 11.1. The summed E-state index contributed by atoms with van der Waals surface area (Å²) >= 11 is 5.22. The van der Waals surface area contributed by atoms with E-state index < -0.39 is 0 Å². The first kappa shape index (κ1) is 12.6. The van der Waals surface area contributed by atoms with Crippen molar-refractivity contribution in [3.05, 3.63) is 48.3 Å². The molecule has 1 aromatic carbocycles. The average molecular weight is 260 g/mol. The third-order valence-electron chi connectivity index (χ3n) is 2.62. The van der Waals surface area contributed by atoms with Crippen molar-refractivity contribution in [3.8, 4) is 0 Å². The van der Waals surface area contributed by atoms with E-state index >= 15 is 0 Å². The molecule has 2 rings (SSSR count). The van der Waals surface area contributed by atoms with Crippen LogP contribution in [0.3, 0.4) is 0 Å². The van der Waals surface area contributed by atoms with Gasteiger partial charge in [0.15, 0.2) is 5.11 Å². The number of anilines is 1. The Morgan fingerprint density at radius 1 is 1.28 bits per heavy atom. The van der Waals surface area contributed by atoms with E-state index in [4.69, 9.17) is 12.2 Å². The molecule has 94 valence electrons. The summed E-state index contributed by atoms with van der Waals surface area (Å²) < 4.78 is 1.87. The number of nitrogens with zero attached hydrogens (tertiary/aromatic N) is 2. The van der Waals surface area contributed by atoms with Crippen LogP contribution in [0.2, 0.25) is 0 Å². The second kappa shape index (κ2) is 6.16. The highest BCUT2D eigenvalue weighted by Gasteiger charge is 1.99. The SMILES string of the molecule is Cn1nccc1CCNC(=S)Nc1ccccc1. The van der Waals surface area contributed by atoms with E-state index in [2.05, 4.69) is 15.7 Å². The molecule has 0 aliphatic carbocycles. The van der Waals surface area contributed by atoms with Crippen LogP contribution in [0.25, 0.3) is 0 Å². The molecule has 0 atom stereocenters. The average Bonchev–Trinajstić information content (AvgIpc) is 2.76. The molecule has 0 unspecified atom stereocenters. The Kier molecular flexibility index (Phi) is 4.30. The van der Waals surface area contributed by atoms with Crippen molar-refractivity contribution in [2.45, 2.75) is 6.42 Å². The molecule has 0 radical (unpaired) electrons. The molecule has 18 heavy (non-hydrogen) atoms. The van der Waals surface area contributed by atoms with Gasteiger partial charge < -0.3 is 10.6 Å². The number of nitrogens with one attached hydrogen (secondary N) is 2. The van der Waals surface area contributed by atoms with Crippen molar-refractivity contribution in [2.24, 2.45) is 7.05 Å². The number of aryl methyl sites for hydroxylation is 1. The fourth-order valence-electron chi connectivity index (χ4n) is 1.65. The molecule has 0 saturated carbocycles. The molecule has 2 N–H and O–H groups in total. The Balaban J connectivity index is 1.74. The van der Waals surface area contributed by atoms with Gasteiger partial charge in [-0.1, -0.05) is 18.2 Å². The maximum atomic E-state index is 5.22. The van der Waals surface area contributed by atoms with E-state index in [1.165, 1.54) is 5.69 Å². The Bertz CT molecular complexity index is 507. The first-order valence-electron chi connectivity index (χ1n) is 5.82. The van der Waals surface area contributed by atoms with E-state index in [0.717, 1.165) is 18.7 Å². The van der Waals surface area contributed by atoms with Crippen LogP contribution in [0.4, 0.5) is 5.69 Å². The first-order valence-corrected chi connectivity index (χ1v) is 6.23. The van der Waals surface area contributed by atoms with Crippen LogP contribution in [0.15, 0.2) is 42.6 Å². The molecule has 4 nitrogen and oxygen atoms in total. The number of rotatable bonds is 4. The monoisotopic (exact) mass is 260 g/mol. The molecule has 0 fully saturated rings. The van der Waals surface area contributed by atoms with Crippen molar-refractivity contribution in [3.63, 3.8) is 0 Å². The Labute approximate surface area is 112 Å². The number of para-hydroxylation sites is 1. The minimum atomic E-state index is 0.642. The minimum Gasteiger partial charge on any atom is -0.362 e. The van der Waals surface area contributed by atoms with Crippen LogP contribution >= 0.6 is 12.2 Å². The maximum absolute atomic E-state index is 5.22. The van der Waals surface area contributed by atoms with Gasteiger partial charge in [-0.05, 0) is 30.4 Å². The molecule has 1 heterocycles. The van der Waals surface area contributed by atoms with E-state index in [1.807, 2.05) is 48.1 Å². The van der Waals surface area contributed by atoms with Crippen LogP contribution in [0.5, 0.6) is 0 Å². The predicted octanol–water partition coefficient (Wildman–Crippen LogP) is 1.95. The highest BCUT2D eigenvalue weighted by molar-refractivity contribution is 7.80. The number of hydrogen-bond acceptors (Lipinski definition) is 2. The fraction of sp³-hybridized carbons (Fsp3) is 0.231. The largest absolute Gasteiger partial charge is 0.362 e. The molecular formula is C13H16N4S. The lowest BCUT2D eigenvalue weighted by atomic mass is 10.3. The van der Waals surface area contributed by atoms with Crippen LogP contribution in [-0.2, 0) is 13.5 Å². The Morgan fingerprint density at radius 3 is 2.72 bits per heavy atom. The third-order valence-corrected chi connectivity index (χ3v) is 2.87. The molecule has 0 aliphatic heterocycles. The third kappa shape index (κ3) is 3.56. The van der Waals surface area contributed by atoms with E-state index in [1.54, 1.807) is 6.20 Å². The molecular weight excluding hydrogens is 244 g/mol. The minimum absolute atomic E-state index is 0.642. The van der Waals surface area contributed by atoms with Gasteiger partial charge >= 0.3 is 0 Å². The highest BCUT2D eigenvalue weighted by Crippen LogP contribution is 2.04. The second-order valence-electron chi connectivity index (χ2n) is 3.94. The van der Waals surface area contributed by atoms with Crippen molar-refractivity contribution >= 4 is 23.0 Å². The van der Waals surface area contributed by atoms with Gasteiger partial charge in [-0.15, -0.1) is 0 Å². The zero-order valence-corrected chi connectivity index (χ0v) is 11.1. The molecule has 0 saturated heterocycles. The Morgan fingerprint density at radius 2 is 2.06 bits per heavy atom. The molecule has 0 aliphatic rings. The molecule has 0 amide bonds. The normalized spacial score (nSPS) is 10.1. The van der Waals surface area contributed by atoms with Gasteiger partial charge in [0.05, 0.1) is 0 Å².